The topological polar surface area (TPSA) is 52.7 Å². The Labute approximate surface area is 156 Å². The standard InChI is InChI=1S/C21H31N3O2/c1-23-11-9-19(10-12-23)22-20(25)15-18-7-13-24(14-8-18)21(26)16-17-5-3-2-4-6-17/h2-6,18-19H,7-16H2,1H3,(H,22,25). The molecule has 26 heavy (non-hydrogen) atoms. The van der Waals surface area contributed by atoms with Gasteiger partial charge in [0, 0.05) is 25.6 Å². The van der Waals surface area contributed by atoms with Crippen molar-refractivity contribution in [2.75, 3.05) is 33.2 Å². The fraction of sp³-hybridized carbons (Fsp3) is 0.619. The van der Waals surface area contributed by atoms with Gasteiger partial charge in [0.2, 0.25) is 11.8 Å². The SMILES string of the molecule is CN1CCC(NC(=O)CC2CCN(C(=O)Cc3ccccc3)CC2)CC1. The third-order valence-corrected chi connectivity index (χ3v) is 5.72. The molecule has 2 amide bonds. The number of amides is 2. The molecule has 0 radical (unpaired) electrons. The van der Waals surface area contributed by atoms with Crippen molar-refractivity contribution < 1.29 is 9.59 Å². The van der Waals surface area contributed by atoms with Crippen LogP contribution in [-0.4, -0.2) is 60.9 Å². The van der Waals surface area contributed by atoms with Gasteiger partial charge < -0.3 is 15.1 Å². The molecule has 2 fully saturated rings. The smallest absolute Gasteiger partial charge is 0.226 e. The highest BCUT2D eigenvalue weighted by Gasteiger charge is 2.25. The van der Waals surface area contributed by atoms with Crippen LogP contribution in [0.2, 0.25) is 0 Å². The molecule has 1 aromatic rings. The lowest BCUT2D eigenvalue weighted by molar-refractivity contribution is -0.132. The molecule has 1 N–H and O–H groups in total. The zero-order chi connectivity index (χ0) is 18.4. The summed E-state index contributed by atoms with van der Waals surface area (Å²) in [6.07, 6.45) is 5.04. The number of hydrogen-bond acceptors (Lipinski definition) is 3. The van der Waals surface area contributed by atoms with Gasteiger partial charge in [0.25, 0.3) is 0 Å². The van der Waals surface area contributed by atoms with Crippen molar-refractivity contribution in [2.45, 2.75) is 44.6 Å². The molecule has 2 heterocycles. The average Bonchev–Trinajstić information content (AvgIpc) is 2.65. The molecule has 0 atom stereocenters. The minimum atomic E-state index is 0.189. The summed E-state index contributed by atoms with van der Waals surface area (Å²) in [5, 5.41) is 3.21. The van der Waals surface area contributed by atoms with Crippen molar-refractivity contribution in [1.29, 1.82) is 0 Å². The largest absolute Gasteiger partial charge is 0.353 e. The van der Waals surface area contributed by atoms with E-state index in [1.54, 1.807) is 0 Å². The molecule has 0 aliphatic carbocycles. The second-order valence-corrected chi connectivity index (χ2v) is 7.84. The summed E-state index contributed by atoms with van der Waals surface area (Å²) in [5.74, 6) is 0.793. The number of hydrogen-bond donors (Lipinski definition) is 1. The van der Waals surface area contributed by atoms with E-state index in [0.29, 0.717) is 24.8 Å². The number of carbonyl (C=O) groups is 2. The first-order valence-corrected chi connectivity index (χ1v) is 9.90. The van der Waals surface area contributed by atoms with Gasteiger partial charge in [-0.3, -0.25) is 9.59 Å². The number of nitrogens with one attached hydrogen (secondary N) is 1. The number of nitrogens with zero attached hydrogens (tertiary/aromatic N) is 2. The lowest BCUT2D eigenvalue weighted by atomic mass is 9.92. The van der Waals surface area contributed by atoms with Gasteiger partial charge in [0.15, 0.2) is 0 Å². The average molecular weight is 357 g/mol. The molecule has 1 aromatic carbocycles. The van der Waals surface area contributed by atoms with E-state index >= 15 is 0 Å². The van der Waals surface area contributed by atoms with E-state index in [9.17, 15) is 9.59 Å². The van der Waals surface area contributed by atoms with Gasteiger partial charge in [-0.1, -0.05) is 30.3 Å². The van der Waals surface area contributed by atoms with E-state index in [4.69, 9.17) is 0 Å². The van der Waals surface area contributed by atoms with Gasteiger partial charge in [-0.15, -0.1) is 0 Å². The molecular formula is C21H31N3O2. The van der Waals surface area contributed by atoms with Crippen molar-refractivity contribution in [3.05, 3.63) is 35.9 Å². The highest BCUT2D eigenvalue weighted by molar-refractivity contribution is 5.79. The lowest BCUT2D eigenvalue weighted by Gasteiger charge is -2.33. The van der Waals surface area contributed by atoms with Gasteiger partial charge >= 0.3 is 0 Å². The first kappa shape index (κ1) is 18.9. The van der Waals surface area contributed by atoms with Gasteiger partial charge in [-0.05, 0) is 57.3 Å². The second kappa shape index (κ2) is 9.17. The summed E-state index contributed by atoms with van der Waals surface area (Å²) in [6, 6.07) is 10.2. The van der Waals surface area contributed by atoms with Crippen LogP contribution in [0.5, 0.6) is 0 Å². The molecule has 2 aliphatic heterocycles. The quantitative estimate of drug-likeness (QED) is 0.878. The normalized spacial score (nSPS) is 20.1. The molecule has 0 aromatic heterocycles. The van der Waals surface area contributed by atoms with Gasteiger partial charge in [0.1, 0.15) is 0 Å². The van der Waals surface area contributed by atoms with E-state index in [0.717, 1.165) is 57.4 Å². The van der Waals surface area contributed by atoms with E-state index in [1.807, 2.05) is 35.2 Å². The molecule has 2 aliphatic rings. The molecular weight excluding hydrogens is 326 g/mol. The fourth-order valence-corrected chi connectivity index (χ4v) is 3.97. The molecule has 0 bridgehead atoms. The van der Waals surface area contributed by atoms with Crippen LogP contribution in [0.1, 0.15) is 37.7 Å². The predicted molar refractivity (Wildman–Crippen MR) is 103 cm³/mol. The Bertz CT molecular complexity index is 589. The highest BCUT2D eigenvalue weighted by Crippen LogP contribution is 2.21. The number of likely N-dealkylation sites (tertiary alicyclic amines) is 2. The van der Waals surface area contributed by atoms with Crippen molar-refractivity contribution in [1.82, 2.24) is 15.1 Å². The van der Waals surface area contributed by atoms with Crippen molar-refractivity contribution >= 4 is 11.8 Å². The zero-order valence-electron chi connectivity index (χ0n) is 15.8. The molecule has 0 unspecified atom stereocenters. The predicted octanol–water partition coefficient (Wildman–Crippen LogP) is 2.07. The number of rotatable bonds is 5. The van der Waals surface area contributed by atoms with E-state index in [-0.39, 0.29) is 11.8 Å². The van der Waals surface area contributed by atoms with E-state index < -0.39 is 0 Å². The summed E-state index contributed by atoms with van der Waals surface area (Å²) in [6.45, 7) is 3.68. The van der Waals surface area contributed by atoms with Crippen molar-refractivity contribution in [2.24, 2.45) is 5.92 Å². The highest BCUT2D eigenvalue weighted by atomic mass is 16.2. The summed E-state index contributed by atoms with van der Waals surface area (Å²) in [5.41, 5.74) is 1.07. The van der Waals surface area contributed by atoms with Crippen molar-refractivity contribution in [3.8, 4) is 0 Å². The lowest BCUT2D eigenvalue weighted by Crippen LogP contribution is -2.44. The minimum absolute atomic E-state index is 0.189. The minimum Gasteiger partial charge on any atom is -0.353 e. The first-order chi connectivity index (χ1) is 12.6. The van der Waals surface area contributed by atoms with Crippen LogP contribution in [0.15, 0.2) is 30.3 Å². The summed E-state index contributed by atoms with van der Waals surface area (Å²) in [7, 11) is 2.13. The molecule has 2 saturated heterocycles. The van der Waals surface area contributed by atoms with Crippen LogP contribution in [-0.2, 0) is 16.0 Å². The Kier molecular flexibility index (Phi) is 6.67. The monoisotopic (exact) mass is 357 g/mol. The Morgan fingerprint density at radius 2 is 1.65 bits per heavy atom. The van der Waals surface area contributed by atoms with Gasteiger partial charge in [-0.25, -0.2) is 0 Å². The molecule has 3 rings (SSSR count). The third-order valence-electron chi connectivity index (χ3n) is 5.72. The third kappa shape index (κ3) is 5.56. The number of carbonyl (C=O) groups excluding carboxylic acids is 2. The maximum Gasteiger partial charge on any atom is 0.226 e. The molecule has 5 heteroatoms. The molecule has 5 nitrogen and oxygen atoms in total. The van der Waals surface area contributed by atoms with Crippen LogP contribution in [0.3, 0.4) is 0 Å². The Morgan fingerprint density at radius 3 is 2.31 bits per heavy atom. The summed E-state index contributed by atoms with van der Waals surface area (Å²) >= 11 is 0. The molecule has 142 valence electrons. The number of piperidine rings is 2. The summed E-state index contributed by atoms with van der Waals surface area (Å²) < 4.78 is 0. The summed E-state index contributed by atoms with van der Waals surface area (Å²) in [4.78, 5) is 29.0. The van der Waals surface area contributed by atoms with E-state index in [2.05, 4.69) is 17.3 Å². The molecule has 0 spiro atoms. The Balaban J connectivity index is 1.36. The maximum atomic E-state index is 12.4. The van der Waals surface area contributed by atoms with Crippen LogP contribution in [0.4, 0.5) is 0 Å². The fourth-order valence-electron chi connectivity index (χ4n) is 3.97. The van der Waals surface area contributed by atoms with Crippen LogP contribution in [0.25, 0.3) is 0 Å². The van der Waals surface area contributed by atoms with Crippen LogP contribution in [0, 0.1) is 5.92 Å². The zero-order valence-corrected chi connectivity index (χ0v) is 15.8. The van der Waals surface area contributed by atoms with Crippen LogP contribution < -0.4 is 5.32 Å². The van der Waals surface area contributed by atoms with Crippen LogP contribution >= 0.6 is 0 Å². The van der Waals surface area contributed by atoms with Gasteiger partial charge in [-0.2, -0.15) is 0 Å². The second-order valence-electron chi connectivity index (χ2n) is 7.84. The van der Waals surface area contributed by atoms with E-state index in [1.165, 1.54) is 0 Å². The maximum absolute atomic E-state index is 12.4. The first-order valence-electron chi connectivity index (χ1n) is 9.90. The van der Waals surface area contributed by atoms with Crippen molar-refractivity contribution in [3.63, 3.8) is 0 Å². The number of benzene rings is 1. The molecule has 0 saturated carbocycles. The van der Waals surface area contributed by atoms with Gasteiger partial charge in [0.05, 0.1) is 6.42 Å². The Morgan fingerprint density at radius 1 is 1.00 bits per heavy atom. The Hall–Kier alpha value is -1.88.